The van der Waals surface area contributed by atoms with E-state index in [0.29, 0.717) is 24.8 Å². The first-order chi connectivity index (χ1) is 17.3. The summed E-state index contributed by atoms with van der Waals surface area (Å²) in [4.78, 5) is 0. The molecule has 1 aliphatic carbocycles. The Kier molecular flexibility index (Phi) is 7.69. The van der Waals surface area contributed by atoms with Gasteiger partial charge in [-0.1, -0.05) is 62.1 Å². The first kappa shape index (κ1) is 25.8. The molecule has 188 valence electrons. The lowest BCUT2D eigenvalue weighted by molar-refractivity contribution is 0.0342. The number of halogens is 6. The average molecular weight is 502 g/mol. The molecule has 0 N–H and O–H groups in total. The summed E-state index contributed by atoms with van der Waals surface area (Å²) in [5.41, 5.74) is 0.180. The van der Waals surface area contributed by atoms with Crippen LogP contribution in [0.1, 0.15) is 48.4 Å². The van der Waals surface area contributed by atoms with E-state index in [4.69, 9.17) is 4.74 Å². The summed E-state index contributed by atoms with van der Waals surface area (Å²) in [6.45, 7) is 4.96. The van der Waals surface area contributed by atoms with Crippen LogP contribution in [0.2, 0.25) is 0 Å². The van der Waals surface area contributed by atoms with Crippen molar-refractivity contribution in [3.8, 4) is 11.1 Å². The molecule has 1 atom stereocenters. The zero-order chi connectivity index (χ0) is 26.0. The largest absolute Gasteiger partial charge is 0.373 e. The fourth-order valence-corrected chi connectivity index (χ4v) is 4.36. The Morgan fingerprint density at radius 2 is 1.36 bits per heavy atom. The molecule has 4 rings (SSSR count). The zero-order valence-electron chi connectivity index (χ0n) is 19.6. The Balaban J connectivity index is 1.49. The van der Waals surface area contributed by atoms with Crippen molar-refractivity contribution < 1.29 is 31.1 Å². The first-order valence-corrected chi connectivity index (χ1v) is 11.6. The van der Waals surface area contributed by atoms with Gasteiger partial charge in [-0.2, -0.15) is 0 Å². The van der Waals surface area contributed by atoms with Crippen molar-refractivity contribution in [1.82, 2.24) is 0 Å². The van der Waals surface area contributed by atoms with Crippen molar-refractivity contribution in [2.45, 2.75) is 45.3 Å². The highest BCUT2D eigenvalue weighted by atomic mass is 19.2. The van der Waals surface area contributed by atoms with Gasteiger partial charge in [-0.3, -0.25) is 0 Å². The standard InChI is InChI=1S/C29H24F6O/c1-3-16-5-6-19(26(32)24(16)30)15-36-20-10-7-18(8-11-20)21-13-14-23(29(35)27(21)33)22-12-9-17(4-2)25(31)28(22)34/h3,5-7,9,12-14,20H,1,4,8,10-11,15H2,2H3. The highest BCUT2D eigenvalue weighted by Crippen LogP contribution is 2.36. The van der Waals surface area contributed by atoms with Crippen LogP contribution in [0.3, 0.4) is 0 Å². The molecular weight excluding hydrogens is 478 g/mol. The van der Waals surface area contributed by atoms with Crippen LogP contribution in [0.5, 0.6) is 0 Å². The maximum absolute atomic E-state index is 15.0. The van der Waals surface area contributed by atoms with Crippen LogP contribution >= 0.6 is 0 Å². The van der Waals surface area contributed by atoms with Gasteiger partial charge in [0, 0.05) is 27.8 Å². The summed E-state index contributed by atoms with van der Waals surface area (Å²) in [5, 5.41) is 0. The van der Waals surface area contributed by atoms with Crippen LogP contribution in [0.15, 0.2) is 49.1 Å². The lowest BCUT2D eigenvalue weighted by Crippen LogP contribution is -2.16. The summed E-state index contributed by atoms with van der Waals surface area (Å²) in [6.07, 6.45) is 4.08. The first-order valence-electron chi connectivity index (χ1n) is 11.6. The number of hydrogen-bond donors (Lipinski definition) is 0. The fraction of sp³-hybridized carbons (Fsp3) is 0.241. The van der Waals surface area contributed by atoms with Crippen molar-refractivity contribution in [3.05, 3.63) is 106 Å². The molecule has 0 saturated carbocycles. The van der Waals surface area contributed by atoms with Crippen molar-refractivity contribution in [3.63, 3.8) is 0 Å². The lowest BCUT2D eigenvalue weighted by atomic mass is 9.90. The lowest BCUT2D eigenvalue weighted by Gasteiger charge is -2.23. The topological polar surface area (TPSA) is 9.23 Å². The maximum atomic E-state index is 15.0. The Labute approximate surface area is 205 Å². The van der Waals surface area contributed by atoms with Crippen LogP contribution in [-0.2, 0) is 17.8 Å². The SMILES string of the molecule is C=Cc1ccc(COC2CC=C(c3ccc(-c4ccc(CC)c(F)c4F)c(F)c3F)CC2)c(F)c1F. The van der Waals surface area contributed by atoms with Crippen molar-refractivity contribution in [2.24, 2.45) is 0 Å². The molecular formula is C29H24F6O. The number of ether oxygens (including phenoxy) is 1. The van der Waals surface area contributed by atoms with Crippen LogP contribution in [0, 0.1) is 34.9 Å². The van der Waals surface area contributed by atoms with E-state index in [9.17, 15) is 26.3 Å². The van der Waals surface area contributed by atoms with Gasteiger partial charge in [0.25, 0.3) is 0 Å². The molecule has 3 aromatic carbocycles. The number of hydrogen-bond acceptors (Lipinski definition) is 1. The second-order valence-corrected chi connectivity index (χ2v) is 8.63. The van der Waals surface area contributed by atoms with Gasteiger partial charge >= 0.3 is 0 Å². The molecule has 0 heterocycles. The van der Waals surface area contributed by atoms with Gasteiger partial charge < -0.3 is 4.74 Å². The molecule has 0 saturated heterocycles. The van der Waals surface area contributed by atoms with Crippen molar-refractivity contribution >= 4 is 11.6 Å². The normalized spacial score (nSPS) is 15.6. The minimum Gasteiger partial charge on any atom is -0.373 e. The van der Waals surface area contributed by atoms with Gasteiger partial charge in [-0.05, 0) is 36.8 Å². The second-order valence-electron chi connectivity index (χ2n) is 8.63. The van der Waals surface area contributed by atoms with Gasteiger partial charge in [0.2, 0.25) is 0 Å². The summed E-state index contributed by atoms with van der Waals surface area (Å²) in [6, 6.07) is 8.05. The molecule has 3 aromatic rings. The van der Waals surface area contributed by atoms with Gasteiger partial charge in [-0.15, -0.1) is 0 Å². The van der Waals surface area contributed by atoms with E-state index < -0.39 is 34.9 Å². The molecule has 0 amide bonds. The van der Waals surface area contributed by atoms with Gasteiger partial charge in [-0.25, -0.2) is 26.3 Å². The minimum absolute atomic E-state index is 0.0360. The van der Waals surface area contributed by atoms with Crippen LogP contribution in [0.4, 0.5) is 26.3 Å². The van der Waals surface area contributed by atoms with Gasteiger partial charge in [0.15, 0.2) is 34.9 Å². The van der Waals surface area contributed by atoms with E-state index in [1.807, 2.05) is 0 Å². The van der Waals surface area contributed by atoms with E-state index in [1.165, 1.54) is 42.5 Å². The Hall–Kier alpha value is -3.32. The maximum Gasteiger partial charge on any atom is 0.167 e. The zero-order valence-corrected chi connectivity index (χ0v) is 19.6. The highest BCUT2D eigenvalue weighted by molar-refractivity contribution is 5.72. The predicted octanol–water partition coefficient (Wildman–Crippen LogP) is 8.55. The third-order valence-corrected chi connectivity index (χ3v) is 6.51. The van der Waals surface area contributed by atoms with Gasteiger partial charge in [0.1, 0.15) is 0 Å². The summed E-state index contributed by atoms with van der Waals surface area (Å²) in [7, 11) is 0. The van der Waals surface area contributed by atoms with Crippen LogP contribution < -0.4 is 0 Å². The molecule has 0 radical (unpaired) electrons. The van der Waals surface area contributed by atoms with Gasteiger partial charge in [0.05, 0.1) is 12.7 Å². The molecule has 0 bridgehead atoms. The molecule has 0 spiro atoms. The number of aryl methyl sites for hydroxylation is 1. The highest BCUT2D eigenvalue weighted by Gasteiger charge is 2.24. The Bertz CT molecular complexity index is 1340. The number of rotatable bonds is 7. The summed E-state index contributed by atoms with van der Waals surface area (Å²) < 4.78 is 92.4. The van der Waals surface area contributed by atoms with Crippen molar-refractivity contribution in [2.75, 3.05) is 0 Å². The van der Waals surface area contributed by atoms with E-state index in [-0.39, 0.29) is 52.5 Å². The quantitative estimate of drug-likeness (QED) is 0.294. The molecule has 1 nitrogen and oxygen atoms in total. The Morgan fingerprint density at radius 3 is 2.00 bits per heavy atom. The van der Waals surface area contributed by atoms with Crippen LogP contribution in [0.25, 0.3) is 22.8 Å². The predicted molar refractivity (Wildman–Crippen MR) is 128 cm³/mol. The molecule has 36 heavy (non-hydrogen) atoms. The molecule has 1 unspecified atom stereocenters. The molecule has 0 aromatic heterocycles. The van der Waals surface area contributed by atoms with E-state index in [1.54, 1.807) is 13.0 Å². The monoisotopic (exact) mass is 502 g/mol. The molecule has 0 fully saturated rings. The van der Waals surface area contributed by atoms with E-state index in [2.05, 4.69) is 6.58 Å². The summed E-state index contributed by atoms with van der Waals surface area (Å²) in [5.74, 6) is -6.65. The third-order valence-electron chi connectivity index (χ3n) is 6.51. The van der Waals surface area contributed by atoms with E-state index in [0.717, 1.165) is 0 Å². The Morgan fingerprint density at radius 1 is 0.778 bits per heavy atom. The van der Waals surface area contributed by atoms with E-state index >= 15 is 0 Å². The molecule has 0 aliphatic heterocycles. The molecule has 7 heteroatoms. The number of benzene rings is 3. The average Bonchev–Trinajstić information content (AvgIpc) is 2.89. The van der Waals surface area contributed by atoms with Crippen LogP contribution in [-0.4, -0.2) is 6.10 Å². The molecule has 1 aliphatic rings. The smallest absolute Gasteiger partial charge is 0.167 e. The van der Waals surface area contributed by atoms with Crippen molar-refractivity contribution in [1.29, 1.82) is 0 Å². The fourth-order valence-electron chi connectivity index (χ4n) is 4.36. The minimum atomic E-state index is -1.25. The summed E-state index contributed by atoms with van der Waals surface area (Å²) >= 11 is 0. The number of allylic oxidation sites excluding steroid dienone is 1. The second kappa shape index (κ2) is 10.7. The third kappa shape index (κ3) is 4.85.